The van der Waals surface area contributed by atoms with Gasteiger partial charge >= 0.3 is 0 Å². The van der Waals surface area contributed by atoms with Crippen LogP contribution in [-0.2, 0) is 17.1 Å². The monoisotopic (exact) mass is 348 g/mol. The first-order valence-corrected chi connectivity index (χ1v) is 8.77. The zero-order valence-corrected chi connectivity index (χ0v) is 14.3. The fourth-order valence-corrected chi connectivity index (χ4v) is 3.88. The zero-order chi connectivity index (χ0) is 17.5. The van der Waals surface area contributed by atoms with E-state index in [9.17, 15) is 12.8 Å². The third kappa shape index (κ3) is 2.78. The van der Waals surface area contributed by atoms with Gasteiger partial charge in [0.15, 0.2) is 0 Å². The van der Waals surface area contributed by atoms with Crippen LogP contribution in [0.2, 0.25) is 0 Å². The lowest BCUT2D eigenvalue weighted by Crippen LogP contribution is -2.29. The van der Waals surface area contributed by atoms with Crippen molar-refractivity contribution in [1.29, 1.82) is 0 Å². The molecule has 0 bridgehead atoms. The van der Waals surface area contributed by atoms with Crippen LogP contribution in [0, 0.1) is 5.82 Å². The molecule has 1 atom stereocenters. The molecule has 1 unspecified atom stereocenters. The molecule has 0 saturated carbocycles. The third-order valence-corrected chi connectivity index (χ3v) is 6.08. The van der Waals surface area contributed by atoms with E-state index in [0.717, 1.165) is 5.52 Å². The van der Waals surface area contributed by atoms with Crippen LogP contribution < -0.4 is 0 Å². The van der Waals surface area contributed by atoms with E-state index in [-0.39, 0.29) is 10.7 Å². The highest BCUT2D eigenvalue weighted by atomic mass is 32.2. The van der Waals surface area contributed by atoms with Crippen LogP contribution >= 0.6 is 0 Å². The van der Waals surface area contributed by atoms with E-state index in [0.29, 0.717) is 11.1 Å². The molecule has 0 saturated heterocycles. The largest absolute Gasteiger partial charge is 0.248 e. The maximum atomic E-state index is 13.1. The third-order valence-electron chi connectivity index (χ3n) is 4.16. The summed E-state index contributed by atoms with van der Waals surface area (Å²) in [6.45, 7) is 1.76. The van der Waals surface area contributed by atoms with Crippen LogP contribution in [0.4, 0.5) is 4.39 Å². The Morgan fingerprint density at radius 1 is 1.17 bits per heavy atom. The molecule has 0 aliphatic carbocycles. The van der Waals surface area contributed by atoms with Crippen LogP contribution in [0.25, 0.3) is 11.0 Å². The van der Waals surface area contributed by atoms with Crippen molar-refractivity contribution < 1.29 is 12.8 Å². The summed E-state index contributed by atoms with van der Waals surface area (Å²) in [6, 6.07) is 10.1. The first kappa shape index (κ1) is 16.5. The molecule has 0 aliphatic heterocycles. The second-order valence-electron chi connectivity index (χ2n) is 5.61. The number of hydrogen-bond donors (Lipinski definition) is 0. The summed E-state index contributed by atoms with van der Waals surface area (Å²) >= 11 is 0. The molecular formula is C16H17FN4O2S. The lowest BCUT2D eigenvalue weighted by Gasteiger charge is -2.24. The van der Waals surface area contributed by atoms with Gasteiger partial charge in [0.05, 0.1) is 10.4 Å². The molecular weight excluding hydrogens is 331 g/mol. The Morgan fingerprint density at radius 2 is 1.83 bits per heavy atom. The molecule has 0 amide bonds. The lowest BCUT2D eigenvalue weighted by atomic mass is 10.1. The smallest absolute Gasteiger partial charge is 0.243 e. The number of hydrogen-bond acceptors (Lipinski definition) is 4. The highest BCUT2D eigenvalue weighted by Crippen LogP contribution is 2.27. The van der Waals surface area contributed by atoms with Crippen molar-refractivity contribution in [1.82, 2.24) is 19.3 Å². The van der Waals surface area contributed by atoms with Gasteiger partial charge in [-0.15, -0.1) is 5.10 Å². The summed E-state index contributed by atoms with van der Waals surface area (Å²) in [4.78, 5) is 0.145. The number of sulfonamides is 1. The summed E-state index contributed by atoms with van der Waals surface area (Å²) < 4.78 is 41.6. The first-order valence-electron chi connectivity index (χ1n) is 7.33. The maximum absolute atomic E-state index is 13.1. The Morgan fingerprint density at radius 3 is 2.50 bits per heavy atom. The minimum Gasteiger partial charge on any atom is -0.248 e. The summed E-state index contributed by atoms with van der Waals surface area (Å²) in [5.74, 6) is -0.357. The SMILES string of the molecule is CC(c1ccc(F)cc1)N(C)S(=O)(=O)c1ccc2c(c1)nnn2C. The highest BCUT2D eigenvalue weighted by molar-refractivity contribution is 7.89. The normalized spacial score (nSPS) is 13.5. The number of fused-ring (bicyclic) bond motifs is 1. The van der Waals surface area contributed by atoms with E-state index in [1.165, 1.54) is 35.6 Å². The molecule has 126 valence electrons. The van der Waals surface area contributed by atoms with Gasteiger partial charge in [-0.3, -0.25) is 0 Å². The minimum atomic E-state index is -3.72. The number of nitrogens with zero attached hydrogens (tertiary/aromatic N) is 4. The first-order chi connectivity index (χ1) is 11.3. The van der Waals surface area contributed by atoms with Crippen molar-refractivity contribution in [2.24, 2.45) is 7.05 Å². The highest BCUT2D eigenvalue weighted by Gasteiger charge is 2.27. The minimum absolute atomic E-state index is 0.145. The number of aryl methyl sites for hydroxylation is 1. The van der Waals surface area contributed by atoms with Gasteiger partial charge in [0.1, 0.15) is 11.3 Å². The van der Waals surface area contributed by atoms with Crippen molar-refractivity contribution >= 4 is 21.1 Å². The van der Waals surface area contributed by atoms with Crippen molar-refractivity contribution in [3.8, 4) is 0 Å². The Hall–Kier alpha value is -2.32. The standard InChI is InChI=1S/C16H17FN4O2S/c1-11(12-4-6-13(17)7-5-12)21(3)24(22,23)14-8-9-16-15(10-14)18-19-20(16)2/h4-11H,1-3H3. The molecule has 0 radical (unpaired) electrons. The molecule has 1 aromatic heterocycles. The van der Waals surface area contributed by atoms with Crippen molar-refractivity contribution in [3.05, 3.63) is 53.8 Å². The van der Waals surface area contributed by atoms with Gasteiger partial charge in [0, 0.05) is 20.1 Å². The van der Waals surface area contributed by atoms with E-state index < -0.39 is 16.1 Å². The van der Waals surface area contributed by atoms with Crippen LogP contribution in [0.1, 0.15) is 18.5 Å². The fourth-order valence-electron chi connectivity index (χ4n) is 2.51. The quantitative estimate of drug-likeness (QED) is 0.726. The average Bonchev–Trinajstić information content (AvgIpc) is 2.95. The van der Waals surface area contributed by atoms with E-state index in [1.807, 2.05) is 0 Å². The second kappa shape index (κ2) is 5.95. The van der Waals surface area contributed by atoms with E-state index >= 15 is 0 Å². The molecule has 6 nitrogen and oxygen atoms in total. The summed E-state index contributed by atoms with van der Waals surface area (Å²) in [5, 5.41) is 7.83. The molecule has 24 heavy (non-hydrogen) atoms. The molecule has 3 rings (SSSR count). The van der Waals surface area contributed by atoms with Crippen molar-refractivity contribution in [2.75, 3.05) is 7.05 Å². The average molecular weight is 348 g/mol. The van der Waals surface area contributed by atoms with Crippen LogP contribution in [0.3, 0.4) is 0 Å². The lowest BCUT2D eigenvalue weighted by molar-refractivity contribution is 0.398. The van der Waals surface area contributed by atoms with E-state index in [2.05, 4.69) is 10.3 Å². The van der Waals surface area contributed by atoms with Gasteiger partial charge in [0.25, 0.3) is 0 Å². The Bertz CT molecular complexity index is 983. The molecule has 1 heterocycles. The maximum Gasteiger partial charge on any atom is 0.243 e. The molecule has 0 N–H and O–H groups in total. The van der Waals surface area contributed by atoms with Gasteiger partial charge in [-0.1, -0.05) is 17.3 Å². The van der Waals surface area contributed by atoms with Gasteiger partial charge < -0.3 is 0 Å². The van der Waals surface area contributed by atoms with E-state index in [4.69, 9.17) is 0 Å². The molecule has 2 aromatic carbocycles. The van der Waals surface area contributed by atoms with Crippen molar-refractivity contribution in [3.63, 3.8) is 0 Å². The number of halogens is 1. The van der Waals surface area contributed by atoms with Gasteiger partial charge in [-0.2, -0.15) is 4.31 Å². The topological polar surface area (TPSA) is 68.1 Å². The Balaban J connectivity index is 1.96. The summed E-state index contributed by atoms with van der Waals surface area (Å²) in [7, 11) is -0.470. The molecule has 3 aromatic rings. The van der Waals surface area contributed by atoms with Gasteiger partial charge in [-0.05, 0) is 42.8 Å². The Labute approximate surface area is 139 Å². The summed E-state index contributed by atoms with van der Waals surface area (Å²) in [6.07, 6.45) is 0. The number of rotatable bonds is 4. The predicted octanol–water partition coefficient (Wildman–Crippen LogP) is 2.49. The number of benzene rings is 2. The van der Waals surface area contributed by atoms with Crippen LogP contribution in [0.5, 0.6) is 0 Å². The molecule has 8 heteroatoms. The zero-order valence-electron chi connectivity index (χ0n) is 13.5. The van der Waals surface area contributed by atoms with Crippen LogP contribution in [0.15, 0.2) is 47.4 Å². The number of aromatic nitrogens is 3. The van der Waals surface area contributed by atoms with Gasteiger partial charge in [0.2, 0.25) is 10.0 Å². The fraction of sp³-hybridized carbons (Fsp3) is 0.250. The molecule has 0 spiro atoms. The van der Waals surface area contributed by atoms with Gasteiger partial charge in [-0.25, -0.2) is 17.5 Å². The molecule has 0 fully saturated rings. The molecule has 0 aliphatic rings. The Kier molecular flexibility index (Phi) is 4.10. The van der Waals surface area contributed by atoms with Crippen molar-refractivity contribution in [2.45, 2.75) is 17.9 Å². The second-order valence-corrected chi connectivity index (χ2v) is 7.61. The summed E-state index contributed by atoms with van der Waals surface area (Å²) in [5.41, 5.74) is 1.98. The predicted molar refractivity (Wildman–Crippen MR) is 88.3 cm³/mol. The van der Waals surface area contributed by atoms with E-state index in [1.54, 1.807) is 36.9 Å². The van der Waals surface area contributed by atoms with Crippen LogP contribution in [-0.4, -0.2) is 34.8 Å².